The predicted octanol–water partition coefficient (Wildman–Crippen LogP) is -0.196. The van der Waals surface area contributed by atoms with Gasteiger partial charge in [0.2, 0.25) is 10.0 Å². The molecule has 0 saturated carbocycles. The van der Waals surface area contributed by atoms with Crippen molar-refractivity contribution in [1.29, 1.82) is 0 Å². The quantitative estimate of drug-likeness (QED) is 0.642. The monoisotopic (exact) mass is 239 g/mol. The molecule has 0 spiro atoms. The van der Waals surface area contributed by atoms with Crippen LogP contribution in [-0.2, 0) is 19.6 Å². The summed E-state index contributed by atoms with van der Waals surface area (Å²) in [5.74, 6) is -1.37. The Balaban J connectivity index is 4.55. The van der Waals surface area contributed by atoms with Crippen LogP contribution in [0.1, 0.15) is 20.3 Å². The standard InChI is InChI=1S/C8H17NO5S/c1-4-7(5-14-3)9-15(12,13)6(2)8(10)11/h6-7,9H,4-5H2,1-3H3,(H,10,11). The van der Waals surface area contributed by atoms with E-state index in [1.807, 2.05) is 0 Å². The van der Waals surface area contributed by atoms with E-state index in [0.29, 0.717) is 6.42 Å². The first-order valence-corrected chi connectivity index (χ1v) is 6.12. The minimum Gasteiger partial charge on any atom is -0.480 e. The first-order valence-electron chi connectivity index (χ1n) is 4.58. The number of methoxy groups -OCH3 is 1. The van der Waals surface area contributed by atoms with E-state index in [4.69, 9.17) is 9.84 Å². The zero-order valence-electron chi connectivity index (χ0n) is 9.06. The van der Waals surface area contributed by atoms with Crippen molar-refractivity contribution >= 4 is 16.0 Å². The Morgan fingerprint density at radius 2 is 2.07 bits per heavy atom. The molecule has 0 aromatic rings. The van der Waals surface area contributed by atoms with Gasteiger partial charge in [-0.2, -0.15) is 0 Å². The first-order chi connectivity index (χ1) is 6.85. The molecule has 0 amide bonds. The van der Waals surface area contributed by atoms with Gasteiger partial charge in [-0.3, -0.25) is 4.79 Å². The van der Waals surface area contributed by atoms with Crippen molar-refractivity contribution in [3.05, 3.63) is 0 Å². The highest BCUT2D eigenvalue weighted by molar-refractivity contribution is 7.90. The highest BCUT2D eigenvalue weighted by Crippen LogP contribution is 2.02. The van der Waals surface area contributed by atoms with Crippen molar-refractivity contribution in [3.8, 4) is 0 Å². The molecule has 7 heteroatoms. The normalized spacial score (nSPS) is 15.9. The lowest BCUT2D eigenvalue weighted by atomic mass is 10.3. The molecule has 2 atom stereocenters. The Hall–Kier alpha value is -0.660. The van der Waals surface area contributed by atoms with Gasteiger partial charge >= 0.3 is 5.97 Å². The molecule has 0 saturated heterocycles. The number of carboxylic acids is 1. The summed E-state index contributed by atoms with van der Waals surface area (Å²) < 4.78 is 30.0. The van der Waals surface area contributed by atoms with Gasteiger partial charge in [-0.1, -0.05) is 6.92 Å². The summed E-state index contributed by atoms with van der Waals surface area (Å²) in [6.07, 6.45) is 0.541. The van der Waals surface area contributed by atoms with Crippen molar-refractivity contribution < 1.29 is 23.1 Å². The minimum absolute atomic E-state index is 0.224. The van der Waals surface area contributed by atoms with Gasteiger partial charge in [0.25, 0.3) is 0 Å². The molecule has 2 unspecified atom stereocenters. The van der Waals surface area contributed by atoms with Gasteiger partial charge in [-0.25, -0.2) is 13.1 Å². The van der Waals surface area contributed by atoms with E-state index in [0.717, 1.165) is 6.92 Å². The number of hydrogen-bond donors (Lipinski definition) is 2. The molecule has 6 nitrogen and oxygen atoms in total. The van der Waals surface area contributed by atoms with Crippen LogP contribution in [-0.4, -0.2) is 44.5 Å². The fourth-order valence-corrected chi connectivity index (χ4v) is 2.07. The van der Waals surface area contributed by atoms with Crippen molar-refractivity contribution in [1.82, 2.24) is 4.72 Å². The Labute approximate surface area is 89.7 Å². The summed E-state index contributed by atoms with van der Waals surface area (Å²) >= 11 is 0. The number of nitrogens with one attached hydrogen (secondary N) is 1. The number of carboxylic acid groups (broad SMARTS) is 1. The summed E-state index contributed by atoms with van der Waals surface area (Å²) in [4.78, 5) is 10.5. The lowest BCUT2D eigenvalue weighted by molar-refractivity contribution is -0.136. The Kier molecular flexibility index (Phi) is 5.77. The molecule has 0 bridgehead atoms. The van der Waals surface area contributed by atoms with Crippen molar-refractivity contribution in [2.75, 3.05) is 13.7 Å². The van der Waals surface area contributed by atoms with Gasteiger partial charge in [-0.15, -0.1) is 0 Å². The highest BCUT2D eigenvalue weighted by atomic mass is 32.2. The van der Waals surface area contributed by atoms with Gasteiger partial charge in [0, 0.05) is 13.2 Å². The lowest BCUT2D eigenvalue weighted by Gasteiger charge is -2.17. The molecule has 2 N–H and O–H groups in total. The second-order valence-electron chi connectivity index (χ2n) is 3.20. The van der Waals surface area contributed by atoms with E-state index in [9.17, 15) is 13.2 Å². The fourth-order valence-electron chi connectivity index (χ4n) is 0.903. The zero-order valence-corrected chi connectivity index (χ0v) is 9.87. The van der Waals surface area contributed by atoms with Crippen LogP contribution < -0.4 is 4.72 Å². The van der Waals surface area contributed by atoms with Crippen molar-refractivity contribution in [2.45, 2.75) is 31.6 Å². The van der Waals surface area contributed by atoms with E-state index in [2.05, 4.69) is 4.72 Å². The second-order valence-corrected chi connectivity index (χ2v) is 5.24. The number of hydrogen-bond acceptors (Lipinski definition) is 4. The van der Waals surface area contributed by atoms with Crippen LogP contribution in [0.4, 0.5) is 0 Å². The van der Waals surface area contributed by atoms with Crippen LogP contribution in [0.5, 0.6) is 0 Å². The molecule has 0 aliphatic heterocycles. The van der Waals surface area contributed by atoms with Crippen LogP contribution in [0.3, 0.4) is 0 Å². The van der Waals surface area contributed by atoms with E-state index in [1.165, 1.54) is 7.11 Å². The van der Waals surface area contributed by atoms with Crippen molar-refractivity contribution in [3.63, 3.8) is 0 Å². The number of sulfonamides is 1. The molecule has 0 radical (unpaired) electrons. The fraction of sp³-hybridized carbons (Fsp3) is 0.875. The third-order valence-corrected chi connectivity index (χ3v) is 3.80. The number of aliphatic carboxylic acids is 1. The van der Waals surface area contributed by atoms with E-state index < -0.39 is 21.2 Å². The summed E-state index contributed by atoms with van der Waals surface area (Å²) in [5, 5.41) is 7.13. The maximum absolute atomic E-state index is 11.5. The molecule has 0 aromatic heterocycles. The predicted molar refractivity (Wildman–Crippen MR) is 55.1 cm³/mol. The maximum Gasteiger partial charge on any atom is 0.323 e. The molecular formula is C8H17NO5S. The van der Waals surface area contributed by atoms with Crippen LogP contribution in [0.15, 0.2) is 0 Å². The minimum atomic E-state index is -3.82. The molecule has 0 heterocycles. The summed E-state index contributed by atoms with van der Waals surface area (Å²) in [7, 11) is -2.37. The highest BCUT2D eigenvalue weighted by Gasteiger charge is 2.29. The molecule has 0 fully saturated rings. The summed E-state index contributed by atoms with van der Waals surface area (Å²) in [5.41, 5.74) is 0. The SMILES string of the molecule is CCC(COC)NS(=O)(=O)C(C)C(=O)O. The topological polar surface area (TPSA) is 92.7 Å². The van der Waals surface area contributed by atoms with E-state index >= 15 is 0 Å². The molecule has 0 rings (SSSR count). The Bertz CT molecular complexity index is 300. The molecule has 15 heavy (non-hydrogen) atoms. The molecule has 0 aliphatic carbocycles. The largest absolute Gasteiger partial charge is 0.480 e. The van der Waals surface area contributed by atoms with Gasteiger partial charge in [0.1, 0.15) is 0 Å². The maximum atomic E-state index is 11.5. The van der Waals surface area contributed by atoms with Crippen LogP contribution in [0.25, 0.3) is 0 Å². The summed E-state index contributed by atoms with van der Waals surface area (Å²) in [6.45, 7) is 3.14. The number of carbonyl (C=O) groups is 1. The van der Waals surface area contributed by atoms with Crippen molar-refractivity contribution in [2.24, 2.45) is 0 Å². The average Bonchev–Trinajstić information content (AvgIpc) is 2.15. The smallest absolute Gasteiger partial charge is 0.323 e. The molecule has 0 aliphatic rings. The van der Waals surface area contributed by atoms with Gasteiger partial charge < -0.3 is 9.84 Å². The third-order valence-electron chi connectivity index (χ3n) is 2.00. The first kappa shape index (κ1) is 14.3. The number of rotatable bonds is 7. The third kappa shape index (κ3) is 4.59. The molecule has 0 aromatic carbocycles. The Morgan fingerprint density at radius 1 is 1.53 bits per heavy atom. The lowest BCUT2D eigenvalue weighted by Crippen LogP contribution is -2.44. The average molecular weight is 239 g/mol. The second kappa shape index (κ2) is 6.04. The van der Waals surface area contributed by atoms with Crippen LogP contribution in [0.2, 0.25) is 0 Å². The van der Waals surface area contributed by atoms with Crippen LogP contribution >= 0.6 is 0 Å². The Morgan fingerprint density at radius 3 is 2.40 bits per heavy atom. The zero-order chi connectivity index (χ0) is 12.1. The molecule has 90 valence electrons. The van der Waals surface area contributed by atoms with Gasteiger partial charge in [0.05, 0.1) is 6.61 Å². The van der Waals surface area contributed by atoms with Crippen LogP contribution in [0, 0.1) is 0 Å². The molecular weight excluding hydrogens is 222 g/mol. The van der Waals surface area contributed by atoms with Gasteiger partial charge in [0.15, 0.2) is 5.25 Å². The van der Waals surface area contributed by atoms with E-state index in [-0.39, 0.29) is 12.6 Å². The van der Waals surface area contributed by atoms with E-state index in [1.54, 1.807) is 6.92 Å². The number of ether oxygens (including phenoxy) is 1. The van der Waals surface area contributed by atoms with Gasteiger partial charge in [-0.05, 0) is 13.3 Å². The summed E-state index contributed by atoms with van der Waals surface area (Å²) in [6, 6.07) is -0.387.